The smallest absolute Gasteiger partial charge is 0.263 e. The maximum Gasteiger partial charge on any atom is 0.263 e. The quantitative estimate of drug-likeness (QED) is 0.787. The molecule has 1 aromatic heterocycles. The van der Waals surface area contributed by atoms with E-state index in [-0.39, 0.29) is 5.91 Å². The third kappa shape index (κ3) is 3.07. The number of carbonyl (C=O) groups is 1. The number of thiophene rings is 1. The maximum absolute atomic E-state index is 12.8. The number of likely N-dealkylation sites (tertiary alicyclic amines) is 1. The number of nitrogens with zero attached hydrogens (tertiary/aromatic N) is 1. The number of carbonyl (C=O) groups excluding carboxylic acids is 1. The van der Waals surface area contributed by atoms with Gasteiger partial charge in [0.05, 0.1) is 4.88 Å². The summed E-state index contributed by atoms with van der Waals surface area (Å²) in [6.45, 7) is 1.78. The summed E-state index contributed by atoms with van der Waals surface area (Å²) in [7, 11) is 0. The van der Waals surface area contributed by atoms with Crippen LogP contribution in [-0.4, -0.2) is 23.9 Å². The average molecular weight is 325 g/mol. The molecular formula is C20H23NOS. The topological polar surface area (TPSA) is 20.3 Å². The van der Waals surface area contributed by atoms with Crippen LogP contribution in [-0.2, 0) is 12.8 Å². The highest BCUT2D eigenvalue weighted by Gasteiger charge is 2.26. The van der Waals surface area contributed by atoms with Gasteiger partial charge in [0.15, 0.2) is 0 Å². The van der Waals surface area contributed by atoms with Crippen molar-refractivity contribution in [2.24, 2.45) is 0 Å². The number of amides is 1. The molecule has 0 radical (unpaired) electrons. The highest BCUT2D eigenvalue weighted by atomic mass is 32.1. The molecule has 0 N–H and O–H groups in total. The van der Waals surface area contributed by atoms with Gasteiger partial charge in [0, 0.05) is 18.0 Å². The molecule has 0 bridgehead atoms. The van der Waals surface area contributed by atoms with Crippen molar-refractivity contribution in [1.29, 1.82) is 0 Å². The van der Waals surface area contributed by atoms with Crippen LogP contribution in [0.4, 0.5) is 0 Å². The van der Waals surface area contributed by atoms with Crippen molar-refractivity contribution < 1.29 is 4.79 Å². The van der Waals surface area contributed by atoms with E-state index in [4.69, 9.17) is 0 Å². The molecule has 0 atom stereocenters. The minimum Gasteiger partial charge on any atom is -0.338 e. The van der Waals surface area contributed by atoms with Gasteiger partial charge in [0.2, 0.25) is 0 Å². The molecule has 1 saturated heterocycles. The number of piperidine rings is 1. The average Bonchev–Trinajstić information content (AvgIpc) is 3.06. The molecule has 1 amide bonds. The molecule has 4 rings (SSSR count). The Bertz CT molecular complexity index is 659. The van der Waals surface area contributed by atoms with Gasteiger partial charge in [-0.05, 0) is 61.6 Å². The molecule has 0 spiro atoms. The first-order valence-corrected chi connectivity index (χ1v) is 9.59. The molecule has 2 aromatic rings. The summed E-state index contributed by atoms with van der Waals surface area (Å²) < 4.78 is 0. The van der Waals surface area contributed by atoms with Crippen molar-refractivity contribution >= 4 is 17.2 Å². The monoisotopic (exact) mass is 325 g/mol. The molecule has 23 heavy (non-hydrogen) atoms. The van der Waals surface area contributed by atoms with E-state index in [9.17, 15) is 4.79 Å². The maximum atomic E-state index is 12.8. The molecule has 120 valence electrons. The van der Waals surface area contributed by atoms with Crippen molar-refractivity contribution in [3.8, 4) is 0 Å². The largest absolute Gasteiger partial charge is 0.338 e. The molecular weight excluding hydrogens is 302 g/mol. The first-order chi connectivity index (χ1) is 11.3. The Kier molecular flexibility index (Phi) is 4.21. The fourth-order valence-electron chi connectivity index (χ4n) is 3.89. The van der Waals surface area contributed by atoms with Crippen LogP contribution < -0.4 is 0 Å². The summed E-state index contributed by atoms with van der Waals surface area (Å²) >= 11 is 1.74. The van der Waals surface area contributed by atoms with Gasteiger partial charge in [-0.2, -0.15) is 0 Å². The van der Waals surface area contributed by atoms with Crippen LogP contribution in [0.2, 0.25) is 0 Å². The summed E-state index contributed by atoms with van der Waals surface area (Å²) in [5.41, 5.74) is 2.86. The van der Waals surface area contributed by atoms with Crippen LogP contribution in [0.15, 0.2) is 36.4 Å². The van der Waals surface area contributed by atoms with Gasteiger partial charge in [-0.1, -0.05) is 30.3 Å². The van der Waals surface area contributed by atoms with E-state index in [2.05, 4.69) is 41.3 Å². The van der Waals surface area contributed by atoms with Crippen molar-refractivity contribution in [3.63, 3.8) is 0 Å². The number of aryl methyl sites for hydroxylation is 2. The van der Waals surface area contributed by atoms with Crippen molar-refractivity contribution in [1.82, 2.24) is 4.90 Å². The molecule has 0 unspecified atom stereocenters. The fraction of sp³-hybridized carbons (Fsp3) is 0.450. The van der Waals surface area contributed by atoms with Crippen LogP contribution in [0, 0.1) is 0 Å². The summed E-state index contributed by atoms with van der Waals surface area (Å²) in [5.74, 6) is 0.868. The van der Waals surface area contributed by atoms with E-state index in [1.54, 1.807) is 11.3 Å². The molecule has 2 heterocycles. The second-order valence-corrected chi connectivity index (χ2v) is 7.88. The van der Waals surface area contributed by atoms with E-state index in [1.807, 2.05) is 0 Å². The Balaban J connectivity index is 1.42. The van der Waals surface area contributed by atoms with Gasteiger partial charge in [-0.15, -0.1) is 11.3 Å². The van der Waals surface area contributed by atoms with E-state index >= 15 is 0 Å². The number of benzene rings is 1. The predicted molar refractivity (Wildman–Crippen MR) is 95.3 cm³/mol. The van der Waals surface area contributed by atoms with Crippen molar-refractivity contribution in [2.45, 2.75) is 44.4 Å². The molecule has 2 aliphatic rings. The van der Waals surface area contributed by atoms with Gasteiger partial charge in [-0.3, -0.25) is 4.79 Å². The second kappa shape index (κ2) is 6.48. The Labute approximate surface area is 142 Å². The van der Waals surface area contributed by atoms with E-state index < -0.39 is 0 Å². The molecule has 1 aliphatic heterocycles. The zero-order valence-corrected chi connectivity index (χ0v) is 14.3. The molecule has 3 heteroatoms. The Hall–Kier alpha value is -1.61. The van der Waals surface area contributed by atoms with E-state index in [0.29, 0.717) is 5.92 Å². The van der Waals surface area contributed by atoms with E-state index in [0.717, 1.165) is 37.2 Å². The van der Waals surface area contributed by atoms with Crippen LogP contribution >= 0.6 is 11.3 Å². The van der Waals surface area contributed by atoms with E-state index in [1.165, 1.54) is 35.3 Å². The summed E-state index contributed by atoms with van der Waals surface area (Å²) in [6, 6.07) is 12.9. The van der Waals surface area contributed by atoms with Crippen LogP contribution in [0.3, 0.4) is 0 Å². The van der Waals surface area contributed by atoms with Gasteiger partial charge in [0.1, 0.15) is 0 Å². The van der Waals surface area contributed by atoms with Crippen LogP contribution in [0.25, 0.3) is 0 Å². The SMILES string of the molecule is O=C(c1cc2c(s1)CCCC2)N1CCC(c2ccccc2)CC1. The van der Waals surface area contributed by atoms with Crippen molar-refractivity contribution in [3.05, 3.63) is 57.3 Å². The third-order valence-corrected chi connectivity index (χ3v) is 6.49. The standard InChI is InChI=1S/C20H23NOS/c22-20(19-14-17-8-4-5-9-18(17)23-19)21-12-10-16(11-13-21)15-6-2-1-3-7-15/h1-3,6-7,14,16H,4-5,8-13H2. The van der Waals surface area contributed by atoms with Gasteiger partial charge in [0.25, 0.3) is 5.91 Å². The second-order valence-electron chi connectivity index (χ2n) is 6.74. The van der Waals surface area contributed by atoms with Gasteiger partial charge < -0.3 is 4.90 Å². The lowest BCUT2D eigenvalue weighted by molar-refractivity contribution is 0.0718. The van der Waals surface area contributed by atoms with Crippen molar-refractivity contribution in [2.75, 3.05) is 13.1 Å². The fourth-order valence-corrected chi connectivity index (χ4v) is 5.11. The third-order valence-electron chi connectivity index (χ3n) is 5.26. The minimum absolute atomic E-state index is 0.260. The molecule has 0 saturated carbocycles. The van der Waals surface area contributed by atoms with Gasteiger partial charge in [-0.25, -0.2) is 0 Å². The Morgan fingerprint density at radius 2 is 1.78 bits per heavy atom. The summed E-state index contributed by atoms with van der Waals surface area (Å²) in [6.07, 6.45) is 7.06. The summed E-state index contributed by atoms with van der Waals surface area (Å²) in [5, 5.41) is 0. The van der Waals surface area contributed by atoms with Gasteiger partial charge >= 0.3 is 0 Å². The molecule has 2 nitrogen and oxygen atoms in total. The molecule has 1 aromatic carbocycles. The Morgan fingerprint density at radius 1 is 1.04 bits per heavy atom. The number of fused-ring (bicyclic) bond motifs is 1. The lowest BCUT2D eigenvalue weighted by Crippen LogP contribution is -2.37. The lowest BCUT2D eigenvalue weighted by Gasteiger charge is -2.32. The zero-order valence-electron chi connectivity index (χ0n) is 13.5. The molecule has 1 aliphatic carbocycles. The highest BCUT2D eigenvalue weighted by Crippen LogP contribution is 2.32. The summed E-state index contributed by atoms with van der Waals surface area (Å²) in [4.78, 5) is 17.3. The number of rotatable bonds is 2. The number of hydrogen-bond donors (Lipinski definition) is 0. The van der Waals surface area contributed by atoms with Crippen LogP contribution in [0.5, 0.6) is 0 Å². The van der Waals surface area contributed by atoms with Crippen LogP contribution in [0.1, 0.15) is 57.3 Å². The normalized spacial score (nSPS) is 18.7. The highest BCUT2D eigenvalue weighted by molar-refractivity contribution is 7.14. The minimum atomic E-state index is 0.260. The number of hydrogen-bond acceptors (Lipinski definition) is 2. The predicted octanol–water partition coefficient (Wildman–Crippen LogP) is 4.65. The zero-order chi connectivity index (χ0) is 15.6. The first-order valence-electron chi connectivity index (χ1n) is 8.77. The molecule has 1 fully saturated rings. The lowest BCUT2D eigenvalue weighted by atomic mass is 9.89. The first kappa shape index (κ1) is 14.9. The Morgan fingerprint density at radius 3 is 2.52 bits per heavy atom.